The van der Waals surface area contributed by atoms with Crippen molar-refractivity contribution in [2.24, 2.45) is 7.05 Å². The van der Waals surface area contributed by atoms with E-state index in [4.69, 9.17) is 5.73 Å². The molecule has 3 heterocycles. The van der Waals surface area contributed by atoms with E-state index < -0.39 is 23.5 Å². The van der Waals surface area contributed by atoms with Gasteiger partial charge in [-0.2, -0.15) is 13.2 Å². The summed E-state index contributed by atoms with van der Waals surface area (Å²) < 4.78 is 59.5. The molecule has 1 aliphatic rings. The van der Waals surface area contributed by atoms with Crippen LogP contribution in [0.25, 0.3) is 17.3 Å². The average molecular weight is 504 g/mol. The Morgan fingerprint density at radius 2 is 1.94 bits per heavy atom. The minimum absolute atomic E-state index is 0.0516. The van der Waals surface area contributed by atoms with Crippen molar-refractivity contribution >= 4 is 23.7 Å². The normalized spacial score (nSPS) is 15.0. The van der Waals surface area contributed by atoms with E-state index in [-0.39, 0.29) is 17.3 Å². The third kappa shape index (κ3) is 5.16. The van der Waals surface area contributed by atoms with E-state index in [9.17, 15) is 22.4 Å². The van der Waals surface area contributed by atoms with Gasteiger partial charge < -0.3 is 19.9 Å². The van der Waals surface area contributed by atoms with Crippen LogP contribution in [0.15, 0.2) is 36.8 Å². The van der Waals surface area contributed by atoms with E-state index in [1.807, 2.05) is 4.90 Å². The molecule has 0 spiro atoms. The first kappa shape index (κ1) is 25.1. The maximum Gasteiger partial charge on any atom is 0.419 e. The highest BCUT2D eigenvalue weighted by Gasteiger charge is 2.34. The van der Waals surface area contributed by atoms with Crippen LogP contribution in [-0.2, 0) is 22.8 Å². The number of alkyl halides is 3. The molecule has 2 N–H and O–H groups in total. The highest BCUT2D eigenvalue weighted by molar-refractivity contribution is 5.89. The molecule has 2 aromatic heterocycles. The van der Waals surface area contributed by atoms with Gasteiger partial charge in [-0.1, -0.05) is 0 Å². The number of piperidine rings is 1. The van der Waals surface area contributed by atoms with Gasteiger partial charge in [0.05, 0.1) is 23.9 Å². The number of nitrogens with zero attached hydrogens (tertiary/aromatic N) is 5. The predicted octanol–water partition coefficient (Wildman–Crippen LogP) is 4.19. The number of carbonyl (C=O) groups is 1. The van der Waals surface area contributed by atoms with Crippen LogP contribution < -0.4 is 10.6 Å². The zero-order valence-corrected chi connectivity index (χ0v) is 19.6. The lowest BCUT2D eigenvalue weighted by Crippen LogP contribution is -2.34. The molecule has 0 atom stereocenters. The number of hydrogen-bond acceptors (Lipinski definition) is 7. The molecule has 1 saturated heterocycles. The van der Waals surface area contributed by atoms with Crippen LogP contribution >= 0.6 is 0 Å². The number of nitrogen functional groups attached to an aromatic ring is 1. The van der Waals surface area contributed by atoms with Crippen LogP contribution in [0.2, 0.25) is 0 Å². The first-order valence-electron chi connectivity index (χ1n) is 11.1. The maximum absolute atomic E-state index is 13.7. The Kier molecular flexibility index (Phi) is 6.95. The van der Waals surface area contributed by atoms with E-state index in [2.05, 4.69) is 19.7 Å². The number of aromatic nitrogens is 4. The molecule has 0 aliphatic carbocycles. The summed E-state index contributed by atoms with van der Waals surface area (Å²) in [4.78, 5) is 26.5. The number of methoxy groups -OCH3 is 1. The summed E-state index contributed by atoms with van der Waals surface area (Å²) in [5.41, 5.74) is 5.75. The second-order valence-electron chi connectivity index (χ2n) is 8.40. The van der Waals surface area contributed by atoms with Gasteiger partial charge in [-0.05, 0) is 37.1 Å². The molecule has 36 heavy (non-hydrogen) atoms. The largest absolute Gasteiger partial charge is 0.466 e. The Morgan fingerprint density at radius 1 is 1.22 bits per heavy atom. The molecule has 190 valence electrons. The summed E-state index contributed by atoms with van der Waals surface area (Å²) >= 11 is 0. The van der Waals surface area contributed by atoms with Crippen LogP contribution in [-0.4, -0.2) is 45.7 Å². The molecule has 12 heteroatoms. The van der Waals surface area contributed by atoms with Gasteiger partial charge >= 0.3 is 12.1 Å². The molecule has 4 rings (SSSR count). The molecule has 3 aromatic rings. The van der Waals surface area contributed by atoms with Gasteiger partial charge in [0, 0.05) is 43.9 Å². The molecule has 1 aliphatic heterocycles. The minimum atomic E-state index is -4.79. The summed E-state index contributed by atoms with van der Waals surface area (Å²) in [6.07, 6.45) is 2.38. The molecule has 0 unspecified atom stereocenters. The molecule has 0 bridgehead atoms. The van der Waals surface area contributed by atoms with Crippen molar-refractivity contribution in [3.63, 3.8) is 0 Å². The second-order valence-corrected chi connectivity index (χ2v) is 8.40. The highest BCUT2D eigenvalue weighted by atomic mass is 19.4. The van der Waals surface area contributed by atoms with Gasteiger partial charge in [0.25, 0.3) is 0 Å². The number of esters is 1. The van der Waals surface area contributed by atoms with E-state index in [1.54, 1.807) is 17.8 Å². The Hall–Kier alpha value is -3.96. The second kappa shape index (κ2) is 9.96. The quantitative estimate of drug-likeness (QED) is 0.316. The van der Waals surface area contributed by atoms with E-state index in [0.29, 0.717) is 43.0 Å². The Balaban J connectivity index is 1.52. The Bertz CT molecular complexity index is 1300. The number of aryl methyl sites for hydroxylation is 1. The van der Waals surface area contributed by atoms with Crippen molar-refractivity contribution in [1.82, 2.24) is 19.5 Å². The zero-order valence-electron chi connectivity index (χ0n) is 19.6. The van der Waals surface area contributed by atoms with Gasteiger partial charge in [-0.3, -0.25) is 0 Å². The fourth-order valence-electron chi connectivity index (χ4n) is 4.28. The van der Waals surface area contributed by atoms with Gasteiger partial charge in [0.1, 0.15) is 29.6 Å². The number of rotatable bonds is 5. The Morgan fingerprint density at radius 3 is 2.61 bits per heavy atom. The number of hydrogen-bond donors (Lipinski definition) is 1. The molecule has 1 aromatic carbocycles. The molecule has 0 radical (unpaired) electrons. The van der Waals surface area contributed by atoms with Gasteiger partial charge in [0.15, 0.2) is 0 Å². The fraction of sp³-hybridized carbons (Fsp3) is 0.333. The Labute approximate surface area is 204 Å². The van der Waals surface area contributed by atoms with E-state index >= 15 is 0 Å². The van der Waals surface area contributed by atoms with Crippen LogP contribution in [0.1, 0.15) is 35.7 Å². The zero-order chi connectivity index (χ0) is 26.0. The smallest absolute Gasteiger partial charge is 0.419 e. The maximum atomic E-state index is 13.7. The van der Waals surface area contributed by atoms with Crippen molar-refractivity contribution < 1.29 is 27.1 Å². The highest BCUT2D eigenvalue weighted by Crippen LogP contribution is 2.36. The third-order valence-corrected chi connectivity index (χ3v) is 6.12. The number of nitrogens with two attached hydrogens (primary N) is 1. The van der Waals surface area contributed by atoms with Crippen molar-refractivity contribution in [1.29, 1.82) is 0 Å². The summed E-state index contributed by atoms with van der Waals surface area (Å²) in [5, 5.41) is 0. The summed E-state index contributed by atoms with van der Waals surface area (Å²) in [6.45, 7) is 1.22. The lowest BCUT2D eigenvalue weighted by atomic mass is 9.95. The number of imidazole rings is 1. The lowest BCUT2D eigenvalue weighted by Gasteiger charge is -2.33. The standard InChI is InChI=1S/C24H24F4N6O2/c1-33-12-19(15-3-5-18(25)17(11-15)24(26,27)28)32-22(33)14-7-9-34(10-8-14)23-16(4-6-20(35)36-2)21(29)30-13-31-23/h3-6,11-14H,7-10H2,1-2H3,(H2,29,30,31). The third-order valence-electron chi connectivity index (χ3n) is 6.12. The first-order chi connectivity index (χ1) is 17.1. The molecule has 0 saturated carbocycles. The minimum Gasteiger partial charge on any atom is -0.466 e. The first-order valence-corrected chi connectivity index (χ1v) is 11.1. The average Bonchev–Trinajstić information content (AvgIpc) is 3.24. The number of anilines is 2. The van der Waals surface area contributed by atoms with Gasteiger partial charge in [-0.15, -0.1) is 0 Å². The van der Waals surface area contributed by atoms with Gasteiger partial charge in [-0.25, -0.2) is 24.1 Å². The molecular weight excluding hydrogens is 480 g/mol. The van der Waals surface area contributed by atoms with E-state index in [0.717, 1.165) is 18.0 Å². The van der Waals surface area contributed by atoms with E-state index in [1.165, 1.54) is 31.7 Å². The monoisotopic (exact) mass is 504 g/mol. The molecular formula is C24H24F4N6O2. The number of carbonyl (C=O) groups excluding carboxylic acids is 1. The van der Waals surface area contributed by atoms with Crippen molar-refractivity contribution in [3.05, 3.63) is 59.6 Å². The molecule has 8 nitrogen and oxygen atoms in total. The van der Waals surface area contributed by atoms with Crippen LogP contribution in [0.3, 0.4) is 0 Å². The summed E-state index contributed by atoms with van der Waals surface area (Å²) in [5.74, 6) is -0.245. The van der Waals surface area contributed by atoms with Crippen LogP contribution in [0.4, 0.5) is 29.2 Å². The summed E-state index contributed by atoms with van der Waals surface area (Å²) in [7, 11) is 3.06. The number of halogens is 4. The SMILES string of the molecule is COC(=O)C=Cc1c(N)ncnc1N1CCC(c2nc(-c3ccc(F)c(C(F)(F)F)c3)cn2C)CC1. The van der Waals surface area contributed by atoms with Crippen LogP contribution in [0, 0.1) is 5.82 Å². The fourth-order valence-corrected chi connectivity index (χ4v) is 4.28. The number of ether oxygens (including phenoxy) is 1. The number of benzene rings is 1. The van der Waals surface area contributed by atoms with Crippen molar-refractivity contribution in [3.8, 4) is 11.3 Å². The van der Waals surface area contributed by atoms with Crippen molar-refractivity contribution in [2.75, 3.05) is 30.8 Å². The van der Waals surface area contributed by atoms with Crippen molar-refractivity contribution in [2.45, 2.75) is 24.9 Å². The predicted molar refractivity (Wildman–Crippen MR) is 125 cm³/mol. The van der Waals surface area contributed by atoms with Crippen LogP contribution in [0.5, 0.6) is 0 Å². The van der Waals surface area contributed by atoms with Gasteiger partial charge in [0.2, 0.25) is 0 Å². The summed E-state index contributed by atoms with van der Waals surface area (Å²) in [6, 6.07) is 2.89. The topological polar surface area (TPSA) is 99.2 Å². The lowest BCUT2D eigenvalue weighted by molar-refractivity contribution is -0.140. The molecule has 0 amide bonds. The molecule has 1 fully saturated rings.